The molecule has 0 spiro atoms. The molecular weight excluding hydrogens is 198 g/mol. The summed E-state index contributed by atoms with van der Waals surface area (Å²) in [6, 6.07) is 2.21. The van der Waals surface area contributed by atoms with Crippen molar-refractivity contribution in [3.63, 3.8) is 0 Å². The van der Waals surface area contributed by atoms with Crippen molar-refractivity contribution >= 4 is 6.08 Å². The summed E-state index contributed by atoms with van der Waals surface area (Å²) in [7, 11) is 0. The van der Waals surface area contributed by atoms with Crippen LogP contribution in [0.1, 0.15) is 40.7 Å². The highest BCUT2D eigenvalue weighted by molar-refractivity contribution is 5.46. The van der Waals surface area contributed by atoms with Crippen LogP contribution in [-0.2, 0) is 4.79 Å². The number of aryl methyl sites for hydroxylation is 2. The minimum Gasteiger partial charge on any atom is -0.211 e. The molecule has 0 N–H and O–H groups in total. The van der Waals surface area contributed by atoms with E-state index in [9.17, 15) is 4.79 Å². The highest BCUT2D eigenvalue weighted by atomic mass is 16.1. The highest BCUT2D eigenvalue weighted by Gasteiger charge is 2.14. The second-order valence-electron chi connectivity index (χ2n) is 4.51. The fraction of sp³-hybridized carbons (Fsp3) is 0.500. The minimum absolute atomic E-state index is 0.278. The second-order valence-corrected chi connectivity index (χ2v) is 4.51. The van der Waals surface area contributed by atoms with Crippen molar-refractivity contribution in [2.24, 2.45) is 4.99 Å². The number of rotatable bonds is 3. The Kier molecular flexibility index (Phi) is 4.03. The molecule has 2 nitrogen and oxygen atoms in total. The summed E-state index contributed by atoms with van der Waals surface area (Å²) < 4.78 is 0. The van der Waals surface area contributed by atoms with E-state index in [4.69, 9.17) is 0 Å². The quantitative estimate of drug-likeness (QED) is 0.564. The fourth-order valence-electron chi connectivity index (χ4n) is 2.25. The Morgan fingerprint density at radius 2 is 1.69 bits per heavy atom. The summed E-state index contributed by atoms with van der Waals surface area (Å²) >= 11 is 0. The zero-order chi connectivity index (χ0) is 12.3. The highest BCUT2D eigenvalue weighted by Crippen LogP contribution is 2.28. The molecule has 1 atom stereocenters. The lowest BCUT2D eigenvalue weighted by Gasteiger charge is -2.19. The number of hydrogen-bond acceptors (Lipinski definition) is 2. The first-order valence-corrected chi connectivity index (χ1v) is 5.60. The van der Waals surface area contributed by atoms with Gasteiger partial charge in [-0.3, -0.25) is 0 Å². The lowest BCUT2D eigenvalue weighted by atomic mass is 9.87. The zero-order valence-electron chi connectivity index (χ0n) is 10.7. The minimum atomic E-state index is 0.278. The molecule has 86 valence electrons. The van der Waals surface area contributed by atoms with E-state index >= 15 is 0 Å². The first-order valence-electron chi connectivity index (χ1n) is 5.60. The van der Waals surface area contributed by atoms with E-state index in [-0.39, 0.29) is 5.92 Å². The predicted molar refractivity (Wildman–Crippen MR) is 66.8 cm³/mol. The fourth-order valence-corrected chi connectivity index (χ4v) is 2.25. The number of benzene rings is 1. The Morgan fingerprint density at radius 3 is 2.12 bits per heavy atom. The van der Waals surface area contributed by atoms with Crippen LogP contribution in [0, 0.1) is 27.7 Å². The van der Waals surface area contributed by atoms with Gasteiger partial charge < -0.3 is 0 Å². The molecule has 1 aromatic rings. The van der Waals surface area contributed by atoms with Crippen molar-refractivity contribution < 1.29 is 4.79 Å². The lowest BCUT2D eigenvalue weighted by molar-refractivity contribution is 0.561. The van der Waals surface area contributed by atoms with Crippen molar-refractivity contribution in [2.75, 3.05) is 6.54 Å². The Hall–Kier alpha value is -1.40. The van der Waals surface area contributed by atoms with Gasteiger partial charge in [-0.2, -0.15) is 0 Å². The first-order chi connectivity index (χ1) is 7.49. The average molecular weight is 217 g/mol. The van der Waals surface area contributed by atoms with Crippen molar-refractivity contribution in [2.45, 2.75) is 40.5 Å². The third kappa shape index (κ3) is 2.40. The van der Waals surface area contributed by atoms with Gasteiger partial charge in [-0.25, -0.2) is 9.79 Å². The van der Waals surface area contributed by atoms with Gasteiger partial charge in [0.2, 0.25) is 6.08 Å². The van der Waals surface area contributed by atoms with Crippen molar-refractivity contribution in [1.29, 1.82) is 0 Å². The van der Waals surface area contributed by atoms with Gasteiger partial charge in [-0.15, -0.1) is 0 Å². The SMILES string of the molecule is Cc1cc(C)c(C)c(C(C)CN=C=O)c1C. The summed E-state index contributed by atoms with van der Waals surface area (Å²) in [5, 5.41) is 0. The molecule has 0 saturated carbocycles. The summed E-state index contributed by atoms with van der Waals surface area (Å²) in [5.74, 6) is 0.278. The molecule has 1 rings (SSSR count). The smallest absolute Gasteiger partial charge is 0.211 e. The molecule has 16 heavy (non-hydrogen) atoms. The third-order valence-electron chi connectivity index (χ3n) is 3.35. The van der Waals surface area contributed by atoms with E-state index in [0.717, 1.165) is 0 Å². The lowest BCUT2D eigenvalue weighted by Crippen LogP contribution is -2.06. The molecule has 0 heterocycles. The van der Waals surface area contributed by atoms with Crippen LogP contribution >= 0.6 is 0 Å². The number of carbonyl (C=O) groups excluding carboxylic acids is 1. The van der Waals surface area contributed by atoms with Gasteiger partial charge >= 0.3 is 0 Å². The van der Waals surface area contributed by atoms with Crippen LogP contribution < -0.4 is 0 Å². The molecule has 0 bridgehead atoms. The number of aliphatic imine (C=N–C) groups is 1. The number of nitrogens with zero attached hydrogens (tertiary/aromatic N) is 1. The molecular formula is C14H19NO. The van der Waals surface area contributed by atoms with Gasteiger partial charge in [0, 0.05) is 5.92 Å². The van der Waals surface area contributed by atoms with Crippen LogP contribution in [-0.4, -0.2) is 12.6 Å². The first kappa shape index (κ1) is 12.7. The van der Waals surface area contributed by atoms with E-state index in [1.54, 1.807) is 6.08 Å². The van der Waals surface area contributed by atoms with Crippen LogP contribution in [0.4, 0.5) is 0 Å². The van der Waals surface area contributed by atoms with Gasteiger partial charge in [0.05, 0.1) is 6.54 Å². The Morgan fingerprint density at radius 1 is 1.19 bits per heavy atom. The molecule has 1 unspecified atom stereocenters. The predicted octanol–water partition coefficient (Wildman–Crippen LogP) is 3.36. The van der Waals surface area contributed by atoms with Gasteiger partial charge in [-0.1, -0.05) is 13.0 Å². The topological polar surface area (TPSA) is 29.4 Å². The average Bonchev–Trinajstić information content (AvgIpc) is 2.24. The van der Waals surface area contributed by atoms with Crippen molar-refractivity contribution in [3.8, 4) is 0 Å². The van der Waals surface area contributed by atoms with Crippen molar-refractivity contribution in [3.05, 3.63) is 33.9 Å². The molecule has 0 aromatic heterocycles. The molecule has 0 aliphatic carbocycles. The van der Waals surface area contributed by atoms with E-state index in [1.165, 1.54) is 27.8 Å². The summed E-state index contributed by atoms with van der Waals surface area (Å²) in [4.78, 5) is 13.8. The largest absolute Gasteiger partial charge is 0.234 e. The van der Waals surface area contributed by atoms with E-state index in [2.05, 4.69) is 45.7 Å². The standard InChI is InChI=1S/C14H19NO/c1-9-6-10(2)13(5)14(12(9)4)11(3)7-15-8-16/h6,11H,7H2,1-5H3. The van der Waals surface area contributed by atoms with Gasteiger partial charge in [0.25, 0.3) is 0 Å². The summed E-state index contributed by atoms with van der Waals surface area (Å²) in [6.45, 7) is 11.2. The third-order valence-corrected chi connectivity index (χ3v) is 3.35. The Bertz CT molecular complexity index is 416. The van der Waals surface area contributed by atoms with Gasteiger partial charge in [0.1, 0.15) is 0 Å². The van der Waals surface area contributed by atoms with Gasteiger partial charge in [0.15, 0.2) is 0 Å². The maximum atomic E-state index is 10.2. The van der Waals surface area contributed by atoms with E-state index in [1.807, 2.05) is 0 Å². The van der Waals surface area contributed by atoms with Crippen LogP contribution in [0.3, 0.4) is 0 Å². The molecule has 0 saturated heterocycles. The van der Waals surface area contributed by atoms with Crippen LogP contribution in [0.15, 0.2) is 11.1 Å². The van der Waals surface area contributed by atoms with Gasteiger partial charge in [-0.05, 0) is 55.5 Å². The Balaban J connectivity index is 3.25. The molecule has 0 amide bonds. The van der Waals surface area contributed by atoms with E-state index < -0.39 is 0 Å². The van der Waals surface area contributed by atoms with Crippen LogP contribution in [0.5, 0.6) is 0 Å². The maximum Gasteiger partial charge on any atom is 0.234 e. The van der Waals surface area contributed by atoms with Crippen LogP contribution in [0.25, 0.3) is 0 Å². The molecule has 0 aliphatic heterocycles. The van der Waals surface area contributed by atoms with Crippen molar-refractivity contribution in [1.82, 2.24) is 0 Å². The monoisotopic (exact) mass is 217 g/mol. The number of hydrogen-bond donors (Lipinski definition) is 0. The normalized spacial score (nSPS) is 12.1. The summed E-state index contributed by atoms with van der Waals surface area (Å²) in [6.07, 6.45) is 1.61. The summed E-state index contributed by atoms with van der Waals surface area (Å²) in [5.41, 5.74) is 6.57. The maximum absolute atomic E-state index is 10.2. The molecule has 0 fully saturated rings. The number of isocyanates is 1. The Labute approximate surface area is 97.4 Å². The zero-order valence-corrected chi connectivity index (χ0v) is 10.7. The molecule has 1 aromatic carbocycles. The second kappa shape index (κ2) is 5.09. The molecule has 0 radical (unpaired) electrons. The van der Waals surface area contributed by atoms with Crippen LogP contribution in [0.2, 0.25) is 0 Å². The van der Waals surface area contributed by atoms with E-state index in [0.29, 0.717) is 6.54 Å². The molecule has 0 aliphatic rings. The molecule has 2 heteroatoms.